The van der Waals surface area contributed by atoms with Gasteiger partial charge in [0.1, 0.15) is 5.60 Å². The van der Waals surface area contributed by atoms with Gasteiger partial charge in [0.15, 0.2) is 0 Å². The van der Waals surface area contributed by atoms with Crippen molar-refractivity contribution in [3.63, 3.8) is 0 Å². The van der Waals surface area contributed by atoms with Crippen LogP contribution in [0.2, 0.25) is 0 Å². The van der Waals surface area contributed by atoms with Crippen LogP contribution >= 0.6 is 15.9 Å². The Morgan fingerprint density at radius 1 is 1.33 bits per heavy atom. The van der Waals surface area contributed by atoms with Crippen molar-refractivity contribution in [1.82, 2.24) is 4.98 Å². The van der Waals surface area contributed by atoms with Crippen LogP contribution in [0, 0.1) is 0 Å². The minimum atomic E-state index is -0.847. The van der Waals surface area contributed by atoms with Crippen molar-refractivity contribution in [2.24, 2.45) is 0 Å². The molecule has 0 saturated heterocycles. The van der Waals surface area contributed by atoms with E-state index in [-0.39, 0.29) is 6.10 Å². The highest BCUT2D eigenvalue weighted by atomic mass is 79.9. The van der Waals surface area contributed by atoms with Gasteiger partial charge in [0.2, 0.25) is 0 Å². The first-order chi connectivity index (χ1) is 7.10. The van der Waals surface area contributed by atoms with Gasteiger partial charge in [-0.15, -0.1) is 0 Å². The number of pyridine rings is 1. The zero-order valence-electron chi connectivity index (χ0n) is 8.36. The molecule has 1 saturated carbocycles. The number of aromatic nitrogens is 1. The Bertz CT molecular complexity index is 331. The van der Waals surface area contributed by atoms with Gasteiger partial charge < -0.3 is 10.2 Å². The van der Waals surface area contributed by atoms with Crippen LogP contribution in [-0.2, 0) is 5.60 Å². The van der Waals surface area contributed by atoms with Crippen LogP contribution in [0.4, 0.5) is 0 Å². The molecule has 0 spiro atoms. The van der Waals surface area contributed by atoms with Crippen molar-refractivity contribution in [3.8, 4) is 0 Å². The van der Waals surface area contributed by atoms with Gasteiger partial charge in [-0.3, -0.25) is 4.98 Å². The van der Waals surface area contributed by atoms with E-state index in [1.54, 1.807) is 6.20 Å². The maximum Gasteiger partial charge on any atom is 0.107 e. The van der Waals surface area contributed by atoms with Gasteiger partial charge in [0, 0.05) is 10.7 Å². The molecule has 1 aromatic heterocycles. The fourth-order valence-corrected chi connectivity index (χ4v) is 2.22. The molecule has 3 nitrogen and oxygen atoms in total. The quantitative estimate of drug-likeness (QED) is 0.821. The number of aliphatic hydroxyl groups is 2. The molecule has 4 heteroatoms. The molecular formula is C11H14BrNO2. The summed E-state index contributed by atoms with van der Waals surface area (Å²) in [6.07, 6.45) is 3.90. The summed E-state index contributed by atoms with van der Waals surface area (Å²) in [7, 11) is 0. The maximum atomic E-state index is 10.4. The van der Waals surface area contributed by atoms with Gasteiger partial charge in [-0.05, 0) is 53.7 Å². The highest BCUT2D eigenvalue weighted by Gasteiger charge is 2.35. The molecule has 0 unspecified atom stereocenters. The molecule has 1 aromatic rings. The third-order valence-corrected chi connectivity index (χ3v) is 3.46. The Balaban J connectivity index is 2.18. The molecule has 0 atom stereocenters. The van der Waals surface area contributed by atoms with Crippen molar-refractivity contribution in [2.75, 3.05) is 0 Å². The van der Waals surface area contributed by atoms with E-state index in [9.17, 15) is 10.2 Å². The molecule has 82 valence electrons. The van der Waals surface area contributed by atoms with Crippen LogP contribution in [-0.4, -0.2) is 21.3 Å². The van der Waals surface area contributed by atoms with E-state index < -0.39 is 5.60 Å². The first-order valence-corrected chi connectivity index (χ1v) is 5.92. The Morgan fingerprint density at radius 3 is 2.53 bits per heavy atom. The zero-order valence-corrected chi connectivity index (χ0v) is 9.94. The minimum absolute atomic E-state index is 0.263. The van der Waals surface area contributed by atoms with Gasteiger partial charge >= 0.3 is 0 Å². The van der Waals surface area contributed by atoms with Gasteiger partial charge in [0.05, 0.1) is 11.8 Å². The number of halogens is 1. The second-order valence-electron chi connectivity index (χ2n) is 4.12. The molecule has 1 fully saturated rings. The molecule has 0 amide bonds. The fourth-order valence-electron chi connectivity index (χ4n) is 1.99. The first kappa shape index (κ1) is 11.0. The predicted molar refractivity (Wildman–Crippen MR) is 60.3 cm³/mol. The average Bonchev–Trinajstić information content (AvgIpc) is 2.24. The summed E-state index contributed by atoms with van der Waals surface area (Å²) in [6, 6.07) is 3.72. The maximum absolute atomic E-state index is 10.4. The molecule has 1 aliphatic carbocycles. The van der Waals surface area contributed by atoms with Crippen molar-refractivity contribution in [2.45, 2.75) is 37.4 Å². The zero-order chi connectivity index (χ0) is 10.9. The van der Waals surface area contributed by atoms with Crippen molar-refractivity contribution < 1.29 is 10.2 Å². The number of hydrogen-bond donors (Lipinski definition) is 2. The summed E-state index contributed by atoms with van der Waals surface area (Å²) in [5.41, 5.74) is -0.141. The first-order valence-electron chi connectivity index (χ1n) is 5.13. The fraction of sp³-hybridized carbons (Fsp3) is 0.545. The lowest BCUT2D eigenvalue weighted by atomic mass is 9.81. The van der Waals surface area contributed by atoms with E-state index >= 15 is 0 Å². The summed E-state index contributed by atoms with van der Waals surface area (Å²) in [5.74, 6) is 0. The minimum Gasteiger partial charge on any atom is -0.393 e. The van der Waals surface area contributed by atoms with E-state index in [0.29, 0.717) is 31.4 Å². The smallest absolute Gasteiger partial charge is 0.107 e. The van der Waals surface area contributed by atoms with Crippen LogP contribution in [0.5, 0.6) is 0 Å². The van der Waals surface area contributed by atoms with E-state index in [1.807, 2.05) is 12.1 Å². The molecule has 2 N–H and O–H groups in total. The normalized spacial score (nSPS) is 31.5. The lowest BCUT2D eigenvalue weighted by molar-refractivity contribution is -0.0391. The SMILES string of the molecule is O[C@H]1CC[C@](O)(c2ccc(Br)cn2)CC1. The topological polar surface area (TPSA) is 53.4 Å². The summed E-state index contributed by atoms with van der Waals surface area (Å²) >= 11 is 3.31. The van der Waals surface area contributed by atoms with Crippen LogP contribution in [0.3, 0.4) is 0 Å². The van der Waals surface area contributed by atoms with Crippen molar-refractivity contribution in [3.05, 3.63) is 28.5 Å². The molecular weight excluding hydrogens is 258 g/mol. The predicted octanol–water partition coefficient (Wildman–Crippen LogP) is 1.97. The largest absolute Gasteiger partial charge is 0.393 e. The van der Waals surface area contributed by atoms with E-state index in [2.05, 4.69) is 20.9 Å². The van der Waals surface area contributed by atoms with Crippen LogP contribution < -0.4 is 0 Å². The van der Waals surface area contributed by atoms with Gasteiger partial charge in [-0.1, -0.05) is 0 Å². The summed E-state index contributed by atoms with van der Waals surface area (Å²) in [6.45, 7) is 0. The molecule has 15 heavy (non-hydrogen) atoms. The van der Waals surface area contributed by atoms with E-state index in [1.165, 1.54) is 0 Å². The van der Waals surface area contributed by atoms with Gasteiger partial charge in [0.25, 0.3) is 0 Å². The number of hydrogen-bond acceptors (Lipinski definition) is 3. The van der Waals surface area contributed by atoms with Crippen LogP contribution in [0.25, 0.3) is 0 Å². The van der Waals surface area contributed by atoms with Crippen LogP contribution in [0.1, 0.15) is 31.4 Å². The second-order valence-corrected chi connectivity index (χ2v) is 5.04. The van der Waals surface area contributed by atoms with Crippen molar-refractivity contribution >= 4 is 15.9 Å². The van der Waals surface area contributed by atoms with Gasteiger partial charge in [-0.2, -0.15) is 0 Å². The van der Waals surface area contributed by atoms with Gasteiger partial charge in [-0.25, -0.2) is 0 Å². The second kappa shape index (κ2) is 4.20. The molecule has 0 bridgehead atoms. The molecule has 1 heterocycles. The summed E-state index contributed by atoms with van der Waals surface area (Å²) in [4.78, 5) is 4.22. The molecule has 0 aromatic carbocycles. The Morgan fingerprint density at radius 2 is 2.00 bits per heavy atom. The highest BCUT2D eigenvalue weighted by molar-refractivity contribution is 9.10. The third kappa shape index (κ3) is 2.38. The molecule has 1 aliphatic rings. The van der Waals surface area contributed by atoms with Crippen molar-refractivity contribution in [1.29, 1.82) is 0 Å². The molecule has 0 radical (unpaired) electrons. The standard InChI is InChI=1S/C11H14BrNO2/c12-8-1-2-10(13-7-8)11(15)5-3-9(14)4-6-11/h1-2,7,9,14-15H,3-6H2/t9-,11+. The lowest BCUT2D eigenvalue weighted by Gasteiger charge is -2.33. The van der Waals surface area contributed by atoms with E-state index in [4.69, 9.17) is 0 Å². The summed E-state index contributed by atoms with van der Waals surface area (Å²) in [5, 5.41) is 19.8. The monoisotopic (exact) mass is 271 g/mol. The lowest BCUT2D eigenvalue weighted by Crippen LogP contribution is -2.34. The number of nitrogens with zero attached hydrogens (tertiary/aromatic N) is 1. The average molecular weight is 272 g/mol. The Kier molecular flexibility index (Phi) is 3.09. The van der Waals surface area contributed by atoms with Crippen LogP contribution in [0.15, 0.2) is 22.8 Å². The Hall–Kier alpha value is -0.450. The molecule has 2 rings (SSSR count). The highest BCUT2D eigenvalue weighted by Crippen LogP contribution is 2.36. The Labute approximate surface area is 97.3 Å². The van der Waals surface area contributed by atoms with E-state index in [0.717, 1.165) is 4.47 Å². The number of aliphatic hydroxyl groups excluding tert-OH is 1. The summed E-state index contributed by atoms with van der Waals surface area (Å²) < 4.78 is 0.908. The molecule has 0 aliphatic heterocycles. The third-order valence-electron chi connectivity index (χ3n) is 2.99. The number of rotatable bonds is 1.